The molecule has 0 fully saturated rings. The molecule has 0 radical (unpaired) electrons. The average molecular weight is 222 g/mol. The highest BCUT2D eigenvalue weighted by molar-refractivity contribution is 5.64. The minimum atomic E-state index is -1.02. The molecule has 0 aromatic carbocycles. The molecule has 0 spiro atoms. The number of unbranched alkanes of at least 4 members (excludes halogenated alkanes) is 4. The number of carboxylic acids is 2. The topological polar surface area (TPSA) is 153 Å². The van der Waals surface area contributed by atoms with Gasteiger partial charge in [-0.05, 0) is 25.7 Å². The first-order valence-corrected chi connectivity index (χ1v) is 4.52. The van der Waals surface area contributed by atoms with E-state index >= 15 is 0 Å². The summed E-state index contributed by atoms with van der Waals surface area (Å²) in [7, 11) is 0. The van der Waals surface area contributed by atoms with E-state index in [0.717, 1.165) is 19.3 Å². The lowest BCUT2D eigenvalue weighted by molar-refractivity contribution is -0.307. The van der Waals surface area contributed by atoms with Gasteiger partial charge in [0.25, 0.3) is 0 Å². The SMILES string of the molecule is O=C([O-])CCCCCCCC(=O)[O-].[NH4+].[NH4+]. The number of hydrogen-bond donors (Lipinski definition) is 2. The van der Waals surface area contributed by atoms with Gasteiger partial charge in [-0.2, -0.15) is 0 Å². The molecule has 0 amide bonds. The molecule has 0 aliphatic heterocycles. The zero-order valence-electron chi connectivity index (χ0n) is 9.58. The molecule has 6 heteroatoms. The van der Waals surface area contributed by atoms with Crippen LogP contribution in [0.25, 0.3) is 0 Å². The molecule has 8 N–H and O–H groups in total. The maximum Gasteiger partial charge on any atom is 0.0414 e. The molecule has 0 saturated heterocycles. The van der Waals surface area contributed by atoms with Gasteiger partial charge in [0, 0.05) is 11.9 Å². The van der Waals surface area contributed by atoms with Gasteiger partial charge in [-0.25, -0.2) is 0 Å². The largest absolute Gasteiger partial charge is 0.550 e. The molecule has 15 heavy (non-hydrogen) atoms. The minimum absolute atomic E-state index is 0. The summed E-state index contributed by atoms with van der Waals surface area (Å²) < 4.78 is 0. The van der Waals surface area contributed by atoms with Crippen LogP contribution in [0.3, 0.4) is 0 Å². The number of hydrogen-bond acceptors (Lipinski definition) is 4. The van der Waals surface area contributed by atoms with Crippen LogP contribution >= 0.6 is 0 Å². The Labute approximate surface area is 89.8 Å². The third-order valence-electron chi connectivity index (χ3n) is 1.76. The Hall–Kier alpha value is -1.14. The van der Waals surface area contributed by atoms with Crippen molar-refractivity contribution in [2.45, 2.75) is 44.9 Å². The number of carboxylic acid groups (broad SMARTS) is 2. The van der Waals surface area contributed by atoms with Crippen LogP contribution in [0.15, 0.2) is 0 Å². The number of aliphatic carboxylic acids is 2. The van der Waals surface area contributed by atoms with Gasteiger partial charge in [0.1, 0.15) is 0 Å². The molecular weight excluding hydrogens is 200 g/mol. The second-order valence-electron chi connectivity index (χ2n) is 3.01. The number of quaternary nitrogens is 2. The van der Waals surface area contributed by atoms with Crippen molar-refractivity contribution in [3.8, 4) is 0 Å². The van der Waals surface area contributed by atoms with Gasteiger partial charge in [0.15, 0.2) is 0 Å². The molecule has 0 unspecified atom stereocenters. The third kappa shape index (κ3) is 19.3. The van der Waals surface area contributed by atoms with Crippen molar-refractivity contribution in [3.05, 3.63) is 0 Å². The fourth-order valence-corrected chi connectivity index (χ4v) is 1.07. The van der Waals surface area contributed by atoms with Crippen molar-refractivity contribution in [2.24, 2.45) is 0 Å². The van der Waals surface area contributed by atoms with Crippen molar-refractivity contribution >= 4 is 11.9 Å². The zero-order valence-corrected chi connectivity index (χ0v) is 9.58. The summed E-state index contributed by atoms with van der Waals surface area (Å²) in [4.78, 5) is 20.0. The molecule has 0 aliphatic carbocycles. The second-order valence-corrected chi connectivity index (χ2v) is 3.01. The predicted octanol–water partition coefficient (Wildman–Crippen LogP) is -0.0307. The molecule has 0 heterocycles. The number of rotatable bonds is 8. The van der Waals surface area contributed by atoms with Gasteiger partial charge in [0.05, 0.1) is 0 Å². The van der Waals surface area contributed by atoms with Crippen LogP contribution in [0.5, 0.6) is 0 Å². The summed E-state index contributed by atoms with van der Waals surface area (Å²) in [5, 5.41) is 20.0. The molecule has 0 aromatic heterocycles. The quantitative estimate of drug-likeness (QED) is 0.553. The van der Waals surface area contributed by atoms with Crippen molar-refractivity contribution < 1.29 is 19.8 Å². The molecule has 0 saturated carbocycles. The standard InChI is InChI=1S/C9H16O4.2H3N/c10-8(11)6-4-2-1-3-5-7-9(12)13;;/h1-7H2,(H,10,11)(H,12,13);2*1H3. The minimum Gasteiger partial charge on any atom is -0.550 e. The van der Waals surface area contributed by atoms with Crippen LogP contribution in [-0.2, 0) is 9.59 Å². The smallest absolute Gasteiger partial charge is 0.0414 e. The molecule has 0 aromatic rings. The van der Waals surface area contributed by atoms with Gasteiger partial charge >= 0.3 is 0 Å². The summed E-state index contributed by atoms with van der Waals surface area (Å²) in [5.41, 5.74) is 0. The van der Waals surface area contributed by atoms with Crippen molar-refractivity contribution in [1.29, 1.82) is 0 Å². The van der Waals surface area contributed by atoms with Crippen LogP contribution in [-0.4, -0.2) is 11.9 Å². The lowest BCUT2D eigenvalue weighted by atomic mass is 10.1. The summed E-state index contributed by atoms with van der Waals surface area (Å²) in [6.07, 6.45) is 3.95. The van der Waals surface area contributed by atoms with E-state index in [0.29, 0.717) is 12.8 Å². The normalized spacial score (nSPS) is 8.53. The fourth-order valence-electron chi connectivity index (χ4n) is 1.07. The van der Waals surface area contributed by atoms with Crippen LogP contribution in [0.1, 0.15) is 44.9 Å². The van der Waals surface area contributed by atoms with Gasteiger partial charge in [-0.3, -0.25) is 0 Å². The second kappa shape index (κ2) is 12.9. The fraction of sp³-hybridized carbons (Fsp3) is 0.778. The van der Waals surface area contributed by atoms with Crippen LogP contribution in [0, 0.1) is 0 Å². The van der Waals surface area contributed by atoms with Crippen LogP contribution in [0.4, 0.5) is 0 Å². The highest BCUT2D eigenvalue weighted by atomic mass is 16.4. The molecule has 0 bridgehead atoms. The first-order valence-electron chi connectivity index (χ1n) is 4.52. The lowest BCUT2D eigenvalue weighted by Crippen LogP contribution is -2.21. The molecule has 0 atom stereocenters. The maximum atomic E-state index is 9.98. The zero-order chi connectivity index (χ0) is 10.1. The molecular formula is C9H22N2O4. The van der Waals surface area contributed by atoms with Crippen LogP contribution < -0.4 is 22.5 Å². The van der Waals surface area contributed by atoms with E-state index in [1.165, 1.54) is 0 Å². The monoisotopic (exact) mass is 222 g/mol. The van der Waals surface area contributed by atoms with Gasteiger partial charge in [0.2, 0.25) is 0 Å². The van der Waals surface area contributed by atoms with Gasteiger partial charge in [-0.1, -0.05) is 19.3 Å². The van der Waals surface area contributed by atoms with Gasteiger partial charge < -0.3 is 32.1 Å². The van der Waals surface area contributed by atoms with E-state index in [2.05, 4.69) is 0 Å². The Morgan fingerprint density at radius 1 is 0.667 bits per heavy atom. The molecule has 92 valence electrons. The highest BCUT2D eigenvalue weighted by Crippen LogP contribution is 2.06. The number of carbonyl (C=O) groups excluding carboxylic acids is 2. The Kier molecular flexibility index (Phi) is 16.7. The highest BCUT2D eigenvalue weighted by Gasteiger charge is 1.91. The molecule has 0 aliphatic rings. The Balaban J connectivity index is -0.000000720. The van der Waals surface area contributed by atoms with E-state index in [4.69, 9.17) is 0 Å². The van der Waals surface area contributed by atoms with E-state index in [-0.39, 0.29) is 25.1 Å². The average Bonchev–Trinajstić information content (AvgIpc) is 2.01. The molecule has 6 nitrogen and oxygen atoms in total. The van der Waals surface area contributed by atoms with E-state index in [1.807, 2.05) is 0 Å². The first kappa shape index (κ1) is 19.4. The Morgan fingerprint density at radius 2 is 0.933 bits per heavy atom. The summed E-state index contributed by atoms with van der Waals surface area (Å²) in [5.74, 6) is -2.04. The van der Waals surface area contributed by atoms with Crippen molar-refractivity contribution in [3.63, 3.8) is 0 Å². The molecule has 0 rings (SSSR count). The summed E-state index contributed by atoms with van der Waals surface area (Å²) in [6, 6.07) is 0. The summed E-state index contributed by atoms with van der Waals surface area (Å²) >= 11 is 0. The lowest BCUT2D eigenvalue weighted by Gasteiger charge is -2.03. The van der Waals surface area contributed by atoms with E-state index < -0.39 is 11.9 Å². The van der Waals surface area contributed by atoms with E-state index in [9.17, 15) is 19.8 Å². The van der Waals surface area contributed by atoms with Crippen molar-refractivity contribution in [2.75, 3.05) is 0 Å². The first-order chi connectivity index (χ1) is 6.13. The number of carbonyl (C=O) groups is 2. The third-order valence-corrected chi connectivity index (χ3v) is 1.76. The Bertz CT molecular complexity index is 155. The summed E-state index contributed by atoms with van der Waals surface area (Å²) in [6.45, 7) is 0. The van der Waals surface area contributed by atoms with Gasteiger partial charge in [-0.15, -0.1) is 0 Å². The maximum absolute atomic E-state index is 9.98. The van der Waals surface area contributed by atoms with Crippen molar-refractivity contribution in [1.82, 2.24) is 12.3 Å². The van der Waals surface area contributed by atoms with E-state index in [1.54, 1.807) is 0 Å². The Morgan fingerprint density at radius 3 is 1.20 bits per heavy atom. The predicted molar refractivity (Wildman–Crippen MR) is 54.3 cm³/mol. The van der Waals surface area contributed by atoms with Crippen LogP contribution in [0.2, 0.25) is 0 Å².